The number of carbonyl (C=O) groups is 1. The quantitative estimate of drug-likeness (QED) is 0.544. The molecule has 0 fully saturated rings. The third kappa shape index (κ3) is 3.90. The first-order chi connectivity index (χ1) is 12.5. The zero-order chi connectivity index (χ0) is 18.7. The molecule has 138 valence electrons. The van der Waals surface area contributed by atoms with Gasteiger partial charge in [0.2, 0.25) is 5.95 Å². The first kappa shape index (κ1) is 18.8. The molecule has 0 aliphatic rings. The number of likely N-dealkylation sites (N-methyl/N-ethyl adjacent to an activating group) is 1. The van der Waals surface area contributed by atoms with Crippen molar-refractivity contribution < 1.29 is 4.79 Å². The number of aryl methyl sites for hydroxylation is 1. The van der Waals surface area contributed by atoms with Crippen LogP contribution in [0.1, 0.15) is 24.3 Å². The minimum Gasteiger partial charge on any atom is -0.309 e. The van der Waals surface area contributed by atoms with Gasteiger partial charge in [-0.25, -0.2) is 4.98 Å². The molecule has 2 heterocycles. The number of fused-ring (bicyclic) bond motifs is 1. The second-order valence-electron chi connectivity index (χ2n) is 6.06. The van der Waals surface area contributed by atoms with Gasteiger partial charge in [-0.3, -0.25) is 14.8 Å². The first-order valence-corrected chi connectivity index (χ1v) is 9.79. The number of para-hydroxylation sites is 2. The van der Waals surface area contributed by atoms with E-state index in [9.17, 15) is 4.79 Å². The van der Waals surface area contributed by atoms with Crippen LogP contribution in [-0.4, -0.2) is 49.8 Å². The highest BCUT2D eigenvalue weighted by atomic mass is 127. The SMILES string of the molecule is CCN(CC)CCn1c(NC(=O)c2nn(C)cc2I)nc2ccccc21. The second-order valence-corrected chi connectivity index (χ2v) is 7.22. The number of hydrogen-bond donors (Lipinski definition) is 1. The zero-order valence-corrected chi connectivity index (χ0v) is 17.4. The van der Waals surface area contributed by atoms with Gasteiger partial charge in [-0.2, -0.15) is 5.10 Å². The maximum Gasteiger partial charge on any atom is 0.279 e. The molecule has 0 saturated carbocycles. The van der Waals surface area contributed by atoms with Crippen molar-refractivity contribution >= 4 is 45.5 Å². The van der Waals surface area contributed by atoms with Gasteiger partial charge in [-0.1, -0.05) is 26.0 Å². The average Bonchev–Trinajstić information content (AvgIpc) is 3.15. The lowest BCUT2D eigenvalue weighted by Crippen LogP contribution is -2.28. The Morgan fingerprint density at radius 2 is 2.00 bits per heavy atom. The molecule has 0 saturated heterocycles. The Kier molecular flexibility index (Phi) is 5.92. The number of hydrogen-bond acceptors (Lipinski definition) is 4. The molecule has 0 spiro atoms. The number of benzene rings is 1. The van der Waals surface area contributed by atoms with Gasteiger partial charge < -0.3 is 9.47 Å². The Morgan fingerprint density at radius 3 is 2.65 bits per heavy atom. The summed E-state index contributed by atoms with van der Waals surface area (Å²) in [6.45, 7) is 7.96. The van der Waals surface area contributed by atoms with E-state index in [0.717, 1.165) is 40.8 Å². The monoisotopic (exact) mass is 466 g/mol. The number of amides is 1. The minimum absolute atomic E-state index is 0.241. The zero-order valence-electron chi connectivity index (χ0n) is 15.2. The summed E-state index contributed by atoms with van der Waals surface area (Å²) in [6, 6.07) is 7.94. The number of carbonyl (C=O) groups excluding carboxylic acids is 1. The summed E-state index contributed by atoms with van der Waals surface area (Å²) in [7, 11) is 1.80. The number of imidazole rings is 1. The maximum absolute atomic E-state index is 12.7. The number of nitrogens with one attached hydrogen (secondary N) is 1. The lowest BCUT2D eigenvalue weighted by atomic mass is 10.3. The van der Waals surface area contributed by atoms with Crippen molar-refractivity contribution in [1.29, 1.82) is 0 Å². The molecular weight excluding hydrogens is 443 g/mol. The summed E-state index contributed by atoms with van der Waals surface area (Å²) >= 11 is 2.12. The molecule has 3 rings (SSSR count). The van der Waals surface area contributed by atoms with Gasteiger partial charge in [0.25, 0.3) is 5.91 Å². The van der Waals surface area contributed by atoms with E-state index in [4.69, 9.17) is 0 Å². The van der Waals surface area contributed by atoms with Gasteiger partial charge in [0.1, 0.15) is 0 Å². The molecule has 1 amide bonds. The van der Waals surface area contributed by atoms with E-state index in [0.29, 0.717) is 11.6 Å². The Hall–Kier alpha value is -1.94. The highest BCUT2D eigenvalue weighted by Crippen LogP contribution is 2.21. The van der Waals surface area contributed by atoms with Crippen molar-refractivity contribution in [2.45, 2.75) is 20.4 Å². The van der Waals surface area contributed by atoms with Crippen molar-refractivity contribution in [1.82, 2.24) is 24.2 Å². The number of anilines is 1. The van der Waals surface area contributed by atoms with E-state index in [-0.39, 0.29) is 5.91 Å². The molecule has 0 aliphatic heterocycles. The molecule has 0 bridgehead atoms. The Bertz CT molecular complexity index is 912. The summed E-state index contributed by atoms with van der Waals surface area (Å²) in [5, 5.41) is 7.19. The van der Waals surface area contributed by atoms with Gasteiger partial charge >= 0.3 is 0 Å². The van der Waals surface area contributed by atoms with Crippen LogP contribution in [-0.2, 0) is 13.6 Å². The van der Waals surface area contributed by atoms with Gasteiger partial charge in [-0.15, -0.1) is 0 Å². The van der Waals surface area contributed by atoms with E-state index < -0.39 is 0 Å². The normalized spacial score (nSPS) is 11.4. The molecule has 0 unspecified atom stereocenters. The topological polar surface area (TPSA) is 68.0 Å². The van der Waals surface area contributed by atoms with Crippen LogP contribution in [0.5, 0.6) is 0 Å². The summed E-state index contributed by atoms with van der Waals surface area (Å²) in [5.41, 5.74) is 2.30. The number of rotatable bonds is 7. The van der Waals surface area contributed by atoms with Gasteiger partial charge in [0.15, 0.2) is 5.69 Å². The van der Waals surface area contributed by atoms with Crippen LogP contribution < -0.4 is 5.32 Å². The van der Waals surface area contributed by atoms with Crippen LogP contribution in [0.2, 0.25) is 0 Å². The Labute approximate surface area is 166 Å². The largest absolute Gasteiger partial charge is 0.309 e. The van der Waals surface area contributed by atoms with E-state index in [1.54, 1.807) is 11.7 Å². The second kappa shape index (κ2) is 8.17. The van der Waals surface area contributed by atoms with E-state index in [1.807, 2.05) is 30.5 Å². The Balaban J connectivity index is 1.90. The summed E-state index contributed by atoms with van der Waals surface area (Å²) in [4.78, 5) is 19.6. The molecule has 26 heavy (non-hydrogen) atoms. The molecule has 2 aromatic heterocycles. The predicted molar refractivity (Wildman–Crippen MR) is 111 cm³/mol. The minimum atomic E-state index is -0.241. The predicted octanol–water partition coefficient (Wildman–Crippen LogP) is 2.97. The van der Waals surface area contributed by atoms with Crippen molar-refractivity contribution in [3.05, 3.63) is 39.7 Å². The van der Waals surface area contributed by atoms with Crippen molar-refractivity contribution in [3.8, 4) is 0 Å². The lowest BCUT2D eigenvalue weighted by Gasteiger charge is -2.19. The van der Waals surface area contributed by atoms with Gasteiger partial charge in [0.05, 0.1) is 14.6 Å². The number of aromatic nitrogens is 4. The van der Waals surface area contributed by atoms with Crippen LogP contribution in [0.25, 0.3) is 11.0 Å². The van der Waals surface area contributed by atoms with Crippen LogP contribution in [0.4, 0.5) is 5.95 Å². The van der Waals surface area contributed by atoms with E-state index >= 15 is 0 Å². The molecule has 1 aromatic carbocycles. The van der Waals surface area contributed by atoms with Crippen molar-refractivity contribution in [2.75, 3.05) is 25.0 Å². The molecule has 7 nitrogen and oxygen atoms in total. The average molecular weight is 466 g/mol. The van der Waals surface area contributed by atoms with Gasteiger partial charge in [0, 0.05) is 26.3 Å². The summed E-state index contributed by atoms with van der Waals surface area (Å²) in [6.07, 6.45) is 1.82. The highest BCUT2D eigenvalue weighted by molar-refractivity contribution is 14.1. The van der Waals surface area contributed by atoms with Crippen LogP contribution >= 0.6 is 22.6 Å². The summed E-state index contributed by atoms with van der Waals surface area (Å²) < 4.78 is 4.52. The van der Waals surface area contributed by atoms with Crippen LogP contribution in [0, 0.1) is 3.57 Å². The fourth-order valence-electron chi connectivity index (χ4n) is 2.95. The molecule has 0 aliphatic carbocycles. The maximum atomic E-state index is 12.7. The van der Waals surface area contributed by atoms with E-state index in [1.165, 1.54) is 0 Å². The fraction of sp³-hybridized carbons (Fsp3) is 0.389. The fourth-order valence-corrected chi connectivity index (χ4v) is 3.71. The third-order valence-corrected chi connectivity index (χ3v) is 5.20. The molecule has 0 radical (unpaired) electrons. The smallest absolute Gasteiger partial charge is 0.279 e. The third-order valence-electron chi connectivity index (χ3n) is 4.41. The Morgan fingerprint density at radius 1 is 1.27 bits per heavy atom. The van der Waals surface area contributed by atoms with Crippen LogP contribution in [0.3, 0.4) is 0 Å². The first-order valence-electron chi connectivity index (χ1n) is 8.71. The highest BCUT2D eigenvalue weighted by Gasteiger charge is 2.18. The number of halogens is 1. The molecule has 3 aromatic rings. The lowest BCUT2D eigenvalue weighted by molar-refractivity contribution is 0.101. The van der Waals surface area contributed by atoms with Crippen molar-refractivity contribution in [3.63, 3.8) is 0 Å². The standard InChI is InChI=1S/C18H23IN6O/c1-4-24(5-2)10-11-25-15-9-7-6-8-14(15)20-18(25)21-17(26)16-13(19)12-23(3)22-16/h6-9,12H,4-5,10-11H2,1-3H3,(H,20,21,26). The molecule has 1 N–H and O–H groups in total. The summed E-state index contributed by atoms with van der Waals surface area (Å²) in [5.74, 6) is 0.319. The molecule has 0 atom stereocenters. The van der Waals surface area contributed by atoms with Crippen molar-refractivity contribution in [2.24, 2.45) is 7.05 Å². The molecular formula is C18H23IN6O. The van der Waals surface area contributed by atoms with Crippen LogP contribution in [0.15, 0.2) is 30.5 Å². The van der Waals surface area contributed by atoms with Gasteiger partial charge in [-0.05, 0) is 47.8 Å². The molecule has 8 heteroatoms. The van der Waals surface area contributed by atoms with E-state index in [2.05, 4.69) is 61.3 Å². The number of nitrogens with zero attached hydrogens (tertiary/aromatic N) is 5.